The first-order chi connectivity index (χ1) is 26.0. The molecule has 5 aliphatic heterocycles. The van der Waals surface area contributed by atoms with E-state index in [9.17, 15) is 19.8 Å². The molecular formula is C43H63NO11. The summed E-state index contributed by atoms with van der Waals surface area (Å²) in [5.41, 5.74) is 0.164. The van der Waals surface area contributed by atoms with E-state index in [4.69, 9.17) is 33.2 Å². The molecule has 1 spiro atoms. The average Bonchev–Trinajstić information content (AvgIpc) is 3.47. The van der Waals surface area contributed by atoms with Crippen LogP contribution in [0.3, 0.4) is 0 Å². The summed E-state index contributed by atoms with van der Waals surface area (Å²) in [6, 6.07) is -0.267. The molecule has 15 atom stereocenters. The van der Waals surface area contributed by atoms with Gasteiger partial charge < -0.3 is 48.3 Å². The largest absolute Gasteiger partial charge is 0.462 e. The minimum atomic E-state index is -1.82. The minimum absolute atomic E-state index is 0.0403. The van der Waals surface area contributed by atoms with Gasteiger partial charge in [0.15, 0.2) is 12.1 Å². The molecule has 1 amide bonds. The molecule has 12 nitrogen and oxygen atoms in total. The van der Waals surface area contributed by atoms with Crippen LogP contribution in [-0.4, -0.2) is 120 Å². The van der Waals surface area contributed by atoms with Crippen molar-refractivity contribution >= 4 is 11.9 Å². The van der Waals surface area contributed by atoms with Crippen LogP contribution in [0.1, 0.15) is 81.1 Å². The molecule has 6 aliphatic rings. The van der Waals surface area contributed by atoms with Crippen LogP contribution in [0.5, 0.6) is 0 Å². The fourth-order valence-electron chi connectivity index (χ4n) is 9.52. The molecule has 0 unspecified atom stereocenters. The molecule has 12 heteroatoms. The molecule has 2 N–H and O–H groups in total. The monoisotopic (exact) mass is 769 g/mol. The van der Waals surface area contributed by atoms with Crippen molar-refractivity contribution in [2.45, 2.75) is 154 Å². The van der Waals surface area contributed by atoms with Gasteiger partial charge in [0.1, 0.15) is 29.8 Å². The minimum Gasteiger partial charge on any atom is -0.462 e. The number of carbonyl (C=O) groups excluding carboxylic acids is 2. The molecule has 6 rings (SSSR count). The van der Waals surface area contributed by atoms with Gasteiger partial charge in [0, 0.05) is 52.2 Å². The molecule has 306 valence electrons. The van der Waals surface area contributed by atoms with E-state index in [0.717, 1.165) is 5.57 Å². The lowest BCUT2D eigenvalue weighted by Gasteiger charge is -2.48. The number of fused-ring (bicyclic) bond motifs is 2. The molecule has 5 heterocycles. The second-order valence-corrected chi connectivity index (χ2v) is 17.1. The molecule has 0 saturated carbocycles. The smallest absolute Gasteiger partial charge is 0.316 e. The van der Waals surface area contributed by atoms with Gasteiger partial charge in [0.2, 0.25) is 5.91 Å². The third-order valence-corrected chi connectivity index (χ3v) is 12.7. The Morgan fingerprint density at radius 1 is 1.05 bits per heavy atom. The number of likely N-dealkylation sites (N-methyl/N-ethyl adjacent to an activating group) is 1. The molecule has 0 aromatic heterocycles. The summed E-state index contributed by atoms with van der Waals surface area (Å²) >= 11 is 0. The Morgan fingerprint density at radius 2 is 1.80 bits per heavy atom. The standard InChI is InChI=1S/C43H63NO11/c1-23(2)38-26(5)16-17-42(55-38)21-32-19-31(54-42)15-14-25(4)39(53-35-20-34(49-10)36(28(7)51-35)44(9)29(8)45)24(3)12-11-13-30-22-50-40-37(46)27(6)18-33(41(47)52-32)43(30,40)48/h11-14,16-18,23-24,26,28,31-40,46,48H,15,19-22H2,1-10H3/b12-11+,25-14+,30-13+/t24-,26-,28-,31+,32-,33-,34-,35-,36-,37+,38+,39-,40+,42+,43+/m0/s1. The summed E-state index contributed by atoms with van der Waals surface area (Å²) < 4.78 is 45.1. The number of allylic oxidation sites excluding steroid dienone is 2. The highest BCUT2D eigenvalue weighted by Gasteiger charge is 2.60. The van der Waals surface area contributed by atoms with E-state index >= 15 is 0 Å². The van der Waals surface area contributed by atoms with Crippen molar-refractivity contribution < 1.29 is 53.0 Å². The van der Waals surface area contributed by atoms with Crippen molar-refractivity contribution in [2.75, 3.05) is 20.8 Å². The zero-order valence-corrected chi connectivity index (χ0v) is 34.2. The molecule has 3 saturated heterocycles. The average molecular weight is 770 g/mol. The second-order valence-electron chi connectivity index (χ2n) is 17.1. The van der Waals surface area contributed by atoms with Gasteiger partial charge in [-0.05, 0) is 55.9 Å². The number of aliphatic hydroxyl groups is 2. The lowest BCUT2D eigenvalue weighted by atomic mass is 9.71. The molecule has 1 aliphatic carbocycles. The maximum absolute atomic E-state index is 14.2. The molecular weight excluding hydrogens is 706 g/mol. The highest BCUT2D eigenvalue weighted by atomic mass is 16.7. The maximum Gasteiger partial charge on any atom is 0.316 e. The summed E-state index contributed by atoms with van der Waals surface area (Å²) in [6.45, 7) is 15.7. The van der Waals surface area contributed by atoms with Gasteiger partial charge in [-0.1, -0.05) is 64.2 Å². The van der Waals surface area contributed by atoms with E-state index in [1.54, 1.807) is 38.1 Å². The van der Waals surface area contributed by atoms with Crippen molar-refractivity contribution in [3.8, 4) is 0 Å². The molecule has 2 bridgehead atoms. The van der Waals surface area contributed by atoms with Crippen LogP contribution in [0.2, 0.25) is 0 Å². The first-order valence-electron chi connectivity index (χ1n) is 20.0. The summed E-state index contributed by atoms with van der Waals surface area (Å²) in [4.78, 5) is 28.2. The Morgan fingerprint density at radius 3 is 2.49 bits per heavy atom. The Bertz CT molecular complexity index is 1590. The highest BCUT2D eigenvalue weighted by molar-refractivity contribution is 5.78. The number of methoxy groups -OCH3 is 1. The van der Waals surface area contributed by atoms with Gasteiger partial charge in [0.05, 0.1) is 43.2 Å². The van der Waals surface area contributed by atoms with Crippen molar-refractivity contribution in [1.82, 2.24) is 4.90 Å². The van der Waals surface area contributed by atoms with Crippen LogP contribution in [0.25, 0.3) is 0 Å². The number of hydrogen-bond donors (Lipinski definition) is 2. The Labute approximate surface area is 326 Å². The first kappa shape index (κ1) is 41.9. The predicted molar refractivity (Wildman–Crippen MR) is 204 cm³/mol. The first-order valence-corrected chi connectivity index (χ1v) is 20.0. The normalized spacial score (nSPS) is 46.2. The Hall–Kier alpha value is -2.68. The number of carbonyl (C=O) groups is 2. The van der Waals surface area contributed by atoms with E-state index in [-0.39, 0.29) is 60.7 Å². The third kappa shape index (κ3) is 8.34. The van der Waals surface area contributed by atoms with E-state index in [0.29, 0.717) is 36.8 Å². The van der Waals surface area contributed by atoms with Crippen LogP contribution in [0.15, 0.2) is 59.3 Å². The van der Waals surface area contributed by atoms with Gasteiger partial charge in [-0.3, -0.25) is 9.59 Å². The summed E-state index contributed by atoms with van der Waals surface area (Å²) in [7, 11) is 3.41. The zero-order valence-electron chi connectivity index (χ0n) is 34.2. The lowest BCUT2D eigenvalue weighted by molar-refractivity contribution is -0.299. The van der Waals surface area contributed by atoms with Crippen molar-refractivity contribution in [3.05, 3.63) is 59.3 Å². The van der Waals surface area contributed by atoms with Crippen molar-refractivity contribution in [2.24, 2.45) is 23.7 Å². The van der Waals surface area contributed by atoms with Crippen LogP contribution in [-0.2, 0) is 42.7 Å². The van der Waals surface area contributed by atoms with Crippen molar-refractivity contribution in [1.29, 1.82) is 0 Å². The lowest BCUT2D eigenvalue weighted by Crippen LogP contribution is -2.58. The number of hydrogen-bond acceptors (Lipinski definition) is 11. The van der Waals surface area contributed by atoms with E-state index in [1.165, 1.54) is 6.92 Å². The van der Waals surface area contributed by atoms with Crippen LogP contribution >= 0.6 is 0 Å². The molecule has 0 radical (unpaired) electrons. The molecule has 0 aromatic carbocycles. The van der Waals surface area contributed by atoms with Crippen LogP contribution in [0.4, 0.5) is 0 Å². The topological polar surface area (TPSA) is 142 Å². The SMILES string of the molecule is CO[C@H]1C[C@H](O[C@@H]2/C(C)=C/C[C@@H]3C[C@@H](C[C@]4(C=C[C@H](C)[C@@H](C(C)C)O4)O3)OC(=O)[C@@H]3C=C(C)[C@@H](O)[C@H]4OC/C(=C\C=C\[C@@H]2C)[C@]43O)O[C@@H](C)[C@@H]1N(C)C(C)=O. The summed E-state index contributed by atoms with van der Waals surface area (Å²) in [6.07, 6.45) is 10.3. The van der Waals surface area contributed by atoms with E-state index in [2.05, 4.69) is 39.8 Å². The van der Waals surface area contributed by atoms with Gasteiger partial charge in [-0.2, -0.15) is 0 Å². The summed E-state index contributed by atoms with van der Waals surface area (Å²) in [5, 5.41) is 23.5. The molecule has 0 aromatic rings. The molecule has 3 fully saturated rings. The van der Waals surface area contributed by atoms with E-state index < -0.39 is 54.0 Å². The van der Waals surface area contributed by atoms with Gasteiger partial charge in [0.25, 0.3) is 0 Å². The quantitative estimate of drug-likeness (QED) is 0.290. The third-order valence-electron chi connectivity index (χ3n) is 12.7. The fraction of sp³-hybridized carbons (Fsp3) is 0.721. The Balaban J connectivity index is 1.37. The van der Waals surface area contributed by atoms with Gasteiger partial charge in [-0.15, -0.1) is 0 Å². The Kier molecular flexibility index (Phi) is 12.7. The number of ether oxygens (including phenoxy) is 7. The number of esters is 1. The van der Waals surface area contributed by atoms with E-state index in [1.807, 2.05) is 32.1 Å². The number of amides is 1. The number of nitrogens with zero attached hydrogens (tertiary/aromatic N) is 1. The number of aliphatic hydroxyl groups excluding tert-OH is 1. The number of rotatable bonds is 5. The van der Waals surface area contributed by atoms with Gasteiger partial charge >= 0.3 is 5.97 Å². The fourth-order valence-corrected chi connectivity index (χ4v) is 9.52. The maximum atomic E-state index is 14.2. The predicted octanol–water partition coefficient (Wildman–Crippen LogP) is 4.94. The zero-order chi connectivity index (χ0) is 40.0. The van der Waals surface area contributed by atoms with Crippen molar-refractivity contribution in [3.63, 3.8) is 0 Å². The van der Waals surface area contributed by atoms with Crippen LogP contribution < -0.4 is 0 Å². The van der Waals surface area contributed by atoms with Crippen LogP contribution in [0, 0.1) is 23.7 Å². The summed E-state index contributed by atoms with van der Waals surface area (Å²) in [5.74, 6) is -2.62. The highest BCUT2D eigenvalue weighted by Crippen LogP contribution is 2.47. The second kappa shape index (κ2) is 16.7. The van der Waals surface area contributed by atoms with Gasteiger partial charge in [-0.25, -0.2) is 0 Å². The molecule has 55 heavy (non-hydrogen) atoms.